The summed E-state index contributed by atoms with van der Waals surface area (Å²) in [7, 11) is 0. The molecule has 0 radical (unpaired) electrons. The second-order valence-corrected chi connectivity index (χ2v) is 7.82. The van der Waals surface area contributed by atoms with Crippen molar-refractivity contribution in [3.63, 3.8) is 0 Å². The van der Waals surface area contributed by atoms with Crippen molar-refractivity contribution >= 4 is 11.8 Å². The van der Waals surface area contributed by atoms with Gasteiger partial charge in [-0.15, -0.1) is 0 Å². The fourth-order valence-corrected chi connectivity index (χ4v) is 4.88. The van der Waals surface area contributed by atoms with Gasteiger partial charge in [-0.25, -0.2) is 0 Å². The highest BCUT2D eigenvalue weighted by Crippen LogP contribution is 2.41. The van der Waals surface area contributed by atoms with Gasteiger partial charge < -0.3 is 10.1 Å². The number of thioether (sulfide) groups is 1. The molecule has 3 aliphatic rings. The molecule has 1 saturated carbocycles. The number of rotatable bonds is 5. The highest BCUT2D eigenvalue weighted by Gasteiger charge is 2.40. The Hall–Kier alpha value is 0.270. The summed E-state index contributed by atoms with van der Waals surface area (Å²) in [5.41, 5.74) is 0.275. The highest BCUT2D eigenvalue weighted by atomic mass is 32.2. The molecule has 1 aliphatic carbocycles. The molecule has 18 heavy (non-hydrogen) atoms. The number of nitrogens with one attached hydrogen (secondary N) is 1. The quantitative estimate of drug-likeness (QED) is 0.829. The Morgan fingerprint density at radius 2 is 2.28 bits per heavy atom. The number of ether oxygens (including phenoxy) is 1. The summed E-state index contributed by atoms with van der Waals surface area (Å²) < 4.78 is 6.11. The molecule has 104 valence electrons. The lowest BCUT2D eigenvalue weighted by molar-refractivity contribution is -0.0823. The van der Waals surface area contributed by atoms with E-state index in [4.69, 9.17) is 4.74 Å². The number of hydrogen-bond donors (Lipinski definition) is 1. The van der Waals surface area contributed by atoms with Crippen LogP contribution in [-0.4, -0.2) is 36.3 Å². The van der Waals surface area contributed by atoms with E-state index in [0.29, 0.717) is 0 Å². The summed E-state index contributed by atoms with van der Waals surface area (Å²) in [5.74, 6) is 4.30. The van der Waals surface area contributed by atoms with E-state index < -0.39 is 0 Å². The van der Waals surface area contributed by atoms with E-state index in [-0.39, 0.29) is 5.60 Å². The van der Waals surface area contributed by atoms with Crippen molar-refractivity contribution < 1.29 is 4.74 Å². The van der Waals surface area contributed by atoms with Crippen LogP contribution in [0.2, 0.25) is 0 Å². The third kappa shape index (κ3) is 3.43. The molecule has 3 heteroatoms. The summed E-state index contributed by atoms with van der Waals surface area (Å²) in [6, 6.07) is 0.861. The van der Waals surface area contributed by atoms with E-state index in [2.05, 4.69) is 24.0 Å². The lowest BCUT2D eigenvalue weighted by Crippen LogP contribution is -2.40. The highest BCUT2D eigenvalue weighted by molar-refractivity contribution is 7.99. The Labute approximate surface area is 116 Å². The molecular weight excluding hydrogens is 242 g/mol. The Bertz CT molecular complexity index is 274. The van der Waals surface area contributed by atoms with Crippen molar-refractivity contribution in [1.29, 1.82) is 0 Å². The minimum absolute atomic E-state index is 0.275. The van der Waals surface area contributed by atoms with E-state index in [1.807, 2.05) is 0 Å². The first-order valence-electron chi connectivity index (χ1n) is 7.71. The van der Waals surface area contributed by atoms with Crippen molar-refractivity contribution in [2.45, 2.75) is 57.1 Å². The van der Waals surface area contributed by atoms with Crippen LogP contribution in [0.25, 0.3) is 0 Å². The first-order chi connectivity index (χ1) is 8.76. The molecule has 0 bridgehead atoms. The fraction of sp³-hybridized carbons (Fsp3) is 1.00. The van der Waals surface area contributed by atoms with Crippen molar-refractivity contribution in [2.24, 2.45) is 11.8 Å². The van der Waals surface area contributed by atoms with Gasteiger partial charge in [-0.05, 0) is 62.7 Å². The minimum atomic E-state index is 0.275. The van der Waals surface area contributed by atoms with Gasteiger partial charge in [0.1, 0.15) is 0 Å². The van der Waals surface area contributed by atoms with Crippen molar-refractivity contribution in [3.8, 4) is 0 Å². The van der Waals surface area contributed by atoms with Gasteiger partial charge in [-0.1, -0.05) is 6.92 Å². The van der Waals surface area contributed by atoms with Crippen LogP contribution in [0.3, 0.4) is 0 Å². The predicted molar refractivity (Wildman–Crippen MR) is 78.2 cm³/mol. The van der Waals surface area contributed by atoms with Gasteiger partial charge in [0.25, 0.3) is 0 Å². The van der Waals surface area contributed by atoms with Gasteiger partial charge in [0.15, 0.2) is 0 Å². The average Bonchev–Trinajstić information content (AvgIpc) is 3.09. The van der Waals surface area contributed by atoms with Crippen LogP contribution in [0.15, 0.2) is 0 Å². The molecule has 3 fully saturated rings. The summed E-state index contributed by atoms with van der Waals surface area (Å²) in [5, 5.41) is 3.67. The van der Waals surface area contributed by atoms with Crippen molar-refractivity contribution in [2.75, 3.05) is 24.7 Å². The Kier molecular flexibility index (Phi) is 4.21. The third-order valence-electron chi connectivity index (χ3n) is 4.73. The van der Waals surface area contributed by atoms with E-state index >= 15 is 0 Å². The predicted octanol–water partition coefficient (Wildman–Crippen LogP) is 3.07. The zero-order valence-electron chi connectivity index (χ0n) is 11.6. The molecule has 1 spiro atoms. The maximum Gasteiger partial charge on any atom is 0.0783 e. The van der Waals surface area contributed by atoms with Gasteiger partial charge in [0.05, 0.1) is 5.60 Å². The molecule has 3 unspecified atom stereocenters. The molecule has 3 rings (SSSR count). The molecule has 2 saturated heterocycles. The van der Waals surface area contributed by atoms with E-state index in [9.17, 15) is 0 Å². The summed E-state index contributed by atoms with van der Waals surface area (Å²) in [6.07, 6.45) is 8.13. The Morgan fingerprint density at radius 1 is 1.39 bits per heavy atom. The van der Waals surface area contributed by atoms with Crippen LogP contribution in [0, 0.1) is 11.8 Å². The zero-order chi connectivity index (χ0) is 12.4. The monoisotopic (exact) mass is 269 g/mol. The molecular formula is C15H27NOS. The smallest absolute Gasteiger partial charge is 0.0783 e. The summed E-state index contributed by atoms with van der Waals surface area (Å²) in [6.45, 7) is 4.65. The van der Waals surface area contributed by atoms with Gasteiger partial charge >= 0.3 is 0 Å². The molecule has 2 nitrogen and oxygen atoms in total. The van der Waals surface area contributed by atoms with Gasteiger partial charge in [0, 0.05) is 18.4 Å². The van der Waals surface area contributed by atoms with Crippen LogP contribution in [-0.2, 0) is 4.74 Å². The first-order valence-corrected chi connectivity index (χ1v) is 8.86. The molecule has 2 heterocycles. The van der Waals surface area contributed by atoms with Crippen molar-refractivity contribution in [3.05, 3.63) is 0 Å². The topological polar surface area (TPSA) is 21.3 Å². The standard InChI is InChI=1S/C15H27NOS/c1-12(10-16-14-2-3-14)8-13-4-6-17-15(9-13)5-7-18-11-15/h12-14,16H,2-11H2,1H3. The average molecular weight is 269 g/mol. The molecule has 0 amide bonds. The third-order valence-corrected chi connectivity index (χ3v) is 5.95. The van der Waals surface area contributed by atoms with Crippen molar-refractivity contribution in [1.82, 2.24) is 5.32 Å². The fourth-order valence-electron chi connectivity index (χ4n) is 3.50. The Morgan fingerprint density at radius 3 is 3.00 bits per heavy atom. The summed E-state index contributed by atoms with van der Waals surface area (Å²) >= 11 is 2.09. The van der Waals surface area contributed by atoms with Gasteiger partial charge in [-0.3, -0.25) is 0 Å². The molecule has 2 aliphatic heterocycles. The van der Waals surface area contributed by atoms with Crippen LogP contribution in [0.4, 0.5) is 0 Å². The van der Waals surface area contributed by atoms with Gasteiger partial charge in [-0.2, -0.15) is 11.8 Å². The number of hydrogen-bond acceptors (Lipinski definition) is 3. The van der Waals surface area contributed by atoms with E-state index in [0.717, 1.165) is 24.5 Å². The maximum atomic E-state index is 6.11. The maximum absolute atomic E-state index is 6.11. The lowest BCUT2D eigenvalue weighted by atomic mass is 9.81. The van der Waals surface area contributed by atoms with Crippen LogP contribution >= 0.6 is 11.8 Å². The Balaban J connectivity index is 1.43. The van der Waals surface area contributed by atoms with Crippen LogP contribution in [0.5, 0.6) is 0 Å². The van der Waals surface area contributed by atoms with E-state index in [1.54, 1.807) is 0 Å². The molecule has 1 N–H and O–H groups in total. The van der Waals surface area contributed by atoms with E-state index in [1.165, 1.54) is 56.6 Å². The molecule has 0 aromatic carbocycles. The molecule has 0 aromatic rings. The van der Waals surface area contributed by atoms with Crippen LogP contribution in [0.1, 0.15) is 45.4 Å². The second-order valence-electron chi connectivity index (χ2n) is 6.72. The normalized spacial score (nSPS) is 38.2. The molecule has 0 aromatic heterocycles. The zero-order valence-corrected chi connectivity index (χ0v) is 12.4. The second kappa shape index (κ2) is 5.72. The first kappa shape index (κ1) is 13.3. The van der Waals surface area contributed by atoms with Gasteiger partial charge in [0.2, 0.25) is 0 Å². The summed E-state index contributed by atoms with van der Waals surface area (Å²) in [4.78, 5) is 0. The molecule has 3 atom stereocenters. The minimum Gasteiger partial charge on any atom is -0.374 e. The SMILES string of the molecule is CC(CNC1CC1)CC1CCOC2(CCSC2)C1. The lowest BCUT2D eigenvalue weighted by Gasteiger charge is -2.38. The largest absolute Gasteiger partial charge is 0.374 e. The van der Waals surface area contributed by atoms with Crippen LogP contribution < -0.4 is 5.32 Å².